The van der Waals surface area contributed by atoms with E-state index in [2.05, 4.69) is 19.0 Å². The molecule has 0 saturated carbocycles. The molecule has 0 heterocycles. The Morgan fingerprint density at radius 2 is 1.26 bits per heavy atom. The molecule has 2 aromatic rings. The van der Waals surface area contributed by atoms with Crippen molar-refractivity contribution in [2.24, 2.45) is 5.16 Å². The minimum absolute atomic E-state index is 0.575. The van der Waals surface area contributed by atoms with Gasteiger partial charge in [-0.05, 0) is 37.5 Å². The molecule has 6 nitrogen and oxygen atoms in total. The number of unbranched alkanes of at least 4 members (excludes halogenated alkanes) is 7. The lowest BCUT2D eigenvalue weighted by atomic mass is 9.96. The molecule has 190 valence electrons. The lowest BCUT2D eigenvalue weighted by molar-refractivity contribution is 0.144. The summed E-state index contributed by atoms with van der Waals surface area (Å²) < 4.78 is 23.1. The third kappa shape index (κ3) is 7.18. The molecule has 6 heteroatoms. The second kappa shape index (κ2) is 15.3. The molecule has 0 aliphatic heterocycles. The number of rotatable bonds is 17. The molecule has 2 aromatic carbocycles. The second-order valence-electron chi connectivity index (χ2n) is 8.48. The molecule has 0 spiro atoms. The van der Waals surface area contributed by atoms with E-state index < -0.39 is 0 Å². The maximum absolute atomic E-state index is 5.94. The van der Waals surface area contributed by atoms with Crippen LogP contribution in [-0.4, -0.2) is 40.8 Å². The molecule has 0 aliphatic carbocycles. The van der Waals surface area contributed by atoms with Crippen LogP contribution in [0.3, 0.4) is 0 Å². The molecule has 0 radical (unpaired) electrons. The van der Waals surface area contributed by atoms with Gasteiger partial charge in [-0.1, -0.05) is 63.9 Å². The first kappa shape index (κ1) is 27.6. The maximum Gasteiger partial charge on any atom is 0.140 e. The van der Waals surface area contributed by atoms with Gasteiger partial charge in [-0.3, -0.25) is 0 Å². The number of fused-ring (bicyclic) bond motifs is 1. The largest absolute Gasteiger partial charge is 0.496 e. The van der Waals surface area contributed by atoms with Gasteiger partial charge >= 0.3 is 0 Å². The molecule has 0 saturated heterocycles. The molecule has 0 atom stereocenters. The molecule has 34 heavy (non-hydrogen) atoms. The molecule has 0 amide bonds. The highest BCUT2D eigenvalue weighted by molar-refractivity contribution is 6.12. The van der Waals surface area contributed by atoms with Crippen molar-refractivity contribution in [3.05, 3.63) is 23.8 Å². The van der Waals surface area contributed by atoms with Crippen LogP contribution in [0.4, 0.5) is 0 Å². The SMILES string of the molecule is CCCCCCCCCCC(=NOCCC)c1cc(OC)c2c(OC)ccc(OC)c2c1OC. The molecule has 0 unspecified atom stereocenters. The highest BCUT2D eigenvalue weighted by atomic mass is 16.6. The topological polar surface area (TPSA) is 58.5 Å². The zero-order chi connectivity index (χ0) is 24.8. The van der Waals surface area contributed by atoms with E-state index >= 15 is 0 Å². The standard InChI is InChI=1S/C28H43NO5/c1-7-9-10-11-12-13-14-15-16-22(29-34-19-8-2)21-20-25(32-5)26-23(30-3)17-18-24(31-4)27(26)28(21)33-6/h17-18,20H,7-16,19H2,1-6H3. The first-order valence-corrected chi connectivity index (χ1v) is 12.7. The molecular formula is C28H43NO5. The fourth-order valence-corrected chi connectivity index (χ4v) is 4.24. The van der Waals surface area contributed by atoms with Gasteiger partial charge in [0.25, 0.3) is 0 Å². The molecule has 0 N–H and O–H groups in total. The Hall–Kier alpha value is -2.63. The van der Waals surface area contributed by atoms with Crippen molar-refractivity contribution in [3.63, 3.8) is 0 Å². The number of nitrogens with zero attached hydrogens (tertiary/aromatic N) is 1. The van der Waals surface area contributed by atoms with Crippen molar-refractivity contribution >= 4 is 16.5 Å². The zero-order valence-corrected chi connectivity index (χ0v) is 22.0. The van der Waals surface area contributed by atoms with Gasteiger partial charge in [0.05, 0.1) is 44.9 Å². The van der Waals surface area contributed by atoms with Crippen LogP contribution in [0.1, 0.15) is 83.6 Å². The van der Waals surface area contributed by atoms with Crippen molar-refractivity contribution in [1.29, 1.82) is 0 Å². The minimum atomic E-state index is 0.575. The maximum atomic E-state index is 5.94. The Bertz CT molecular complexity index is 910. The van der Waals surface area contributed by atoms with Crippen LogP contribution in [0.25, 0.3) is 10.8 Å². The number of methoxy groups -OCH3 is 4. The van der Waals surface area contributed by atoms with E-state index in [9.17, 15) is 0 Å². The normalized spacial score (nSPS) is 11.5. The molecular weight excluding hydrogens is 430 g/mol. The summed E-state index contributed by atoms with van der Waals surface area (Å²) >= 11 is 0. The third-order valence-corrected chi connectivity index (χ3v) is 6.03. The monoisotopic (exact) mass is 473 g/mol. The van der Waals surface area contributed by atoms with Crippen LogP contribution in [-0.2, 0) is 4.84 Å². The molecule has 0 aromatic heterocycles. The molecule has 2 rings (SSSR count). The van der Waals surface area contributed by atoms with Crippen LogP contribution >= 0.6 is 0 Å². The molecule has 0 bridgehead atoms. The Balaban J connectivity index is 2.41. The fourth-order valence-electron chi connectivity index (χ4n) is 4.24. The van der Waals surface area contributed by atoms with Gasteiger partial charge in [0.15, 0.2) is 0 Å². The summed E-state index contributed by atoms with van der Waals surface area (Å²) in [6.07, 6.45) is 11.7. The van der Waals surface area contributed by atoms with Crippen LogP contribution in [0.15, 0.2) is 23.4 Å². The van der Waals surface area contributed by atoms with Gasteiger partial charge in [-0.25, -0.2) is 0 Å². The smallest absolute Gasteiger partial charge is 0.140 e. The predicted molar refractivity (Wildman–Crippen MR) is 140 cm³/mol. The van der Waals surface area contributed by atoms with Gasteiger partial charge in [0, 0.05) is 5.56 Å². The summed E-state index contributed by atoms with van der Waals surface area (Å²) in [5.74, 6) is 2.75. The lowest BCUT2D eigenvalue weighted by Gasteiger charge is -2.19. The van der Waals surface area contributed by atoms with E-state index in [1.807, 2.05) is 18.2 Å². The summed E-state index contributed by atoms with van der Waals surface area (Å²) in [7, 11) is 6.63. The van der Waals surface area contributed by atoms with Crippen molar-refractivity contribution < 1.29 is 23.8 Å². The van der Waals surface area contributed by atoms with Crippen molar-refractivity contribution in [1.82, 2.24) is 0 Å². The molecule has 0 aliphatic rings. The Kier molecular flexibility index (Phi) is 12.4. The second-order valence-corrected chi connectivity index (χ2v) is 8.48. The number of hydrogen-bond acceptors (Lipinski definition) is 6. The quantitative estimate of drug-likeness (QED) is 0.135. The van der Waals surface area contributed by atoms with E-state index in [0.29, 0.717) is 29.6 Å². The van der Waals surface area contributed by atoms with Crippen molar-refractivity contribution in [2.45, 2.75) is 78.1 Å². The first-order valence-electron chi connectivity index (χ1n) is 12.7. The minimum Gasteiger partial charge on any atom is -0.496 e. The van der Waals surface area contributed by atoms with Gasteiger partial charge in [0.2, 0.25) is 0 Å². The van der Waals surface area contributed by atoms with Gasteiger partial charge in [-0.2, -0.15) is 0 Å². The van der Waals surface area contributed by atoms with Crippen LogP contribution < -0.4 is 18.9 Å². The number of ether oxygens (including phenoxy) is 4. The summed E-state index contributed by atoms with van der Waals surface area (Å²) in [6.45, 7) is 4.90. The third-order valence-electron chi connectivity index (χ3n) is 6.03. The highest BCUT2D eigenvalue weighted by Gasteiger charge is 2.23. The van der Waals surface area contributed by atoms with Crippen LogP contribution in [0, 0.1) is 0 Å². The van der Waals surface area contributed by atoms with Gasteiger partial charge in [0.1, 0.15) is 29.6 Å². The Morgan fingerprint density at radius 1 is 0.676 bits per heavy atom. The number of benzene rings is 2. The predicted octanol–water partition coefficient (Wildman–Crippen LogP) is 7.54. The van der Waals surface area contributed by atoms with Crippen LogP contribution in [0.2, 0.25) is 0 Å². The highest BCUT2D eigenvalue weighted by Crippen LogP contribution is 2.46. The molecule has 0 fully saturated rings. The first-order chi connectivity index (χ1) is 16.7. The summed E-state index contributed by atoms with van der Waals surface area (Å²) in [4.78, 5) is 5.64. The fraction of sp³-hybridized carbons (Fsp3) is 0.607. The van der Waals surface area contributed by atoms with Crippen molar-refractivity contribution in [3.8, 4) is 23.0 Å². The van der Waals surface area contributed by atoms with Crippen molar-refractivity contribution in [2.75, 3.05) is 35.0 Å². The van der Waals surface area contributed by atoms with E-state index in [-0.39, 0.29) is 0 Å². The van der Waals surface area contributed by atoms with E-state index in [0.717, 1.165) is 41.3 Å². The van der Waals surface area contributed by atoms with Gasteiger partial charge < -0.3 is 23.8 Å². The van der Waals surface area contributed by atoms with Crippen LogP contribution in [0.5, 0.6) is 23.0 Å². The number of oxime groups is 1. The van der Waals surface area contributed by atoms with E-state index in [1.165, 1.54) is 44.9 Å². The van der Waals surface area contributed by atoms with E-state index in [4.69, 9.17) is 23.8 Å². The Morgan fingerprint density at radius 3 is 1.82 bits per heavy atom. The summed E-state index contributed by atoms with van der Waals surface area (Å²) in [5.41, 5.74) is 1.72. The Labute approximate surface area is 205 Å². The van der Waals surface area contributed by atoms with Gasteiger partial charge in [-0.15, -0.1) is 0 Å². The number of hydrogen-bond donors (Lipinski definition) is 0. The zero-order valence-electron chi connectivity index (χ0n) is 22.0. The van der Waals surface area contributed by atoms with E-state index in [1.54, 1.807) is 28.4 Å². The average Bonchev–Trinajstić information content (AvgIpc) is 2.87. The summed E-state index contributed by atoms with van der Waals surface area (Å²) in [6, 6.07) is 5.74. The average molecular weight is 474 g/mol. The summed E-state index contributed by atoms with van der Waals surface area (Å²) in [5, 5.41) is 6.15. The lowest BCUT2D eigenvalue weighted by Crippen LogP contribution is -2.08.